The number of nitrogens with zero attached hydrogens (tertiary/aromatic N) is 1. The first kappa shape index (κ1) is 14.8. The fourth-order valence-electron chi connectivity index (χ4n) is 1.90. The van der Waals surface area contributed by atoms with Crippen molar-refractivity contribution in [3.8, 4) is 0 Å². The SMILES string of the molecule is CC(C)[C@@H](C(=O)[O-])N1C(=O)C(=Cc2ccco2)SC1=S. The number of carbonyl (C=O) groups excluding carboxylic acids is 2. The molecule has 2 rings (SSSR count). The Morgan fingerprint density at radius 3 is 2.75 bits per heavy atom. The van der Waals surface area contributed by atoms with Gasteiger partial charge in [-0.05, 0) is 18.1 Å². The van der Waals surface area contributed by atoms with Crippen LogP contribution in [0.5, 0.6) is 0 Å². The first-order valence-corrected chi connectivity index (χ1v) is 7.15. The van der Waals surface area contributed by atoms with Crippen molar-refractivity contribution in [3.63, 3.8) is 0 Å². The van der Waals surface area contributed by atoms with Gasteiger partial charge < -0.3 is 14.3 Å². The summed E-state index contributed by atoms with van der Waals surface area (Å²) in [5.74, 6) is -1.53. The van der Waals surface area contributed by atoms with E-state index in [1.807, 2.05) is 0 Å². The lowest BCUT2D eigenvalue weighted by molar-refractivity contribution is -0.311. The second-order valence-corrected chi connectivity index (χ2v) is 6.25. The molecule has 0 bridgehead atoms. The molecule has 0 unspecified atom stereocenters. The lowest BCUT2D eigenvalue weighted by atomic mass is 10.0. The number of hydrogen-bond donors (Lipinski definition) is 0. The molecule has 1 amide bonds. The highest BCUT2D eigenvalue weighted by Gasteiger charge is 2.39. The topological polar surface area (TPSA) is 73.6 Å². The molecule has 0 N–H and O–H groups in total. The maximum atomic E-state index is 12.3. The van der Waals surface area contributed by atoms with Crippen LogP contribution in [0, 0.1) is 5.92 Å². The van der Waals surface area contributed by atoms with E-state index in [1.54, 1.807) is 32.1 Å². The third kappa shape index (κ3) is 2.78. The van der Waals surface area contributed by atoms with Gasteiger partial charge in [0.2, 0.25) is 0 Å². The van der Waals surface area contributed by atoms with Gasteiger partial charge in [-0.2, -0.15) is 0 Å². The number of furan rings is 1. The number of amides is 1. The van der Waals surface area contributed by atoms with E-state index < -0.39 is 17.9 Å². The minimum atomic E-state index is -1.31. The highest BCUT2D eigenvalue weighted by Crippen LogP contribution is 2.35. The van der Waals surface area contributed by atoms with Crippen LogP contribution < -0.4 is 5.11 Å². The maximum Gasteiger partial charge on any atom is 0.266 e. The van der Waals surface area contributed by atoms with Crippen LogP contribution in [0.3, 0.4) is 0 Å². The van der Waals surface area contributed by atoms with Crippen LogP contribution in [0.2, 0.25) is 0 Å². The Bertz CT molecular complexity index is 577. The Hall–Kier alpha value is -1.60. The molecule has 1 aromatic rings. The summed E-state index contributed by atoms with van der Waals surface area (Å²) in [4.78, 5) is 25.0. The van der Waals surface area contributed by atoms with Crippen molar-refractivity contribution in [1.29, 1.82) is 0 Å². The van der Waals surface area contributed by atoms with Gasteiger partial charge in [-0.25, -0.2) is 0 Å². The number of carboxylic acid groups (broad SMARTS) is 1. The molecule has 106 valence electrons. The van der Waals surface area contributed by atoms with E-state index in [2.05, 4.69) is 0 Å². The standard InChI is InChI=1S/C13H13NO4S2/c1-7(2)10(12(16)17)14-11(15)9(20-13(14)19)6-8-4-3-5-18-8/h3-7,10H,1-2H3,(H,16,17)/p-1/t10-/m0/s1. The number of carboxylic acids is 1. The Labute approximate surface area is 125 Å². The molecule has 2 heterocycles. The Balaban J connectivity index is 2.31. The van der Waals surface area contributed by atoms with Gasteiger partial charge in [-0.15, -0.1) is 0 Å². The van der Waals surface area contributed by atoms with E-state index in [4.69, 9.17) is 16.6 Å². The van der Waals surface area contributed by atoms with Gasteiger partial charge >= 0.3 is 0 Å². The molecule has 1 aliphatic rings. The maximum absolute atomic E-state index is 12.3. The van der Waals surface area contributed by atoms with Gasteiger partial charge in [0.05, 0.1) is 23.2 Å². The van der Waals surface area contributed by atoms with Crippen molar-refractivity contribution in [1.82, 2.24) is 4.90 Å². The van der Waals surface area contributed by atoms with Gasteiger partial charge in [0.25, 0.3) is 5.91 Å². The first-order valence-electron chi connectivity index (χ1n) is 5.93. The van der Waals surface area contributed by atoms with Crippen molar-refractivity contribution in [2.24, 2.45) is 5.92 Å². The minimum Gasteiger partial charge on any atom is -0.548 e. The molecule has 1 aliphatic heterocycles. The Morgan fingerprint density at radius 2 is 2.25 bits per heavy atom. The second-order valence-electron chi connectivity index (χ2n) is 4.58. The van der Waals surface area contributed by atoms with Crippen LogP contribution >= 0.6 is 24.0 Å². The average Bonchev–Trinajstić information content (AvgIpc) is 2.93. The number of hydrogen-bond acceptors (Lipinski definition) is 6. The van der Waals surface area contributed by atoms with E-state index >= 15 is 0 Å². The molecule has 7 heteroatoms. The smallest absolute Gasteiger partial charge is 0.266 e. The summed E-state index contributed by atoms with van der Waals surface area (Å²) in [7, 11) is 0. The van der Waals surface area contributed by atoms with Gasteiger partial charge in [-0.3, -0.25) is 9.69 Å². The predicted molar refractivity (Wildman–Crippen MR) is 77.4 cm³/mol. The summed E-state index contributed by atoms with van der Waals surface area (Å²) in [5.41, 5.74) is 0. The number of thioether (sulfide) groups is 1. The van der Waals surface area contributed by atoms with Crippen molar-refractivity contribution in [3.05, 3.63) is 29.1 Å². The molecular formula is C13H12NO4S2-. The summed E-state index contributed by atoms with van der Waals surface area (Å²) in [5, 5.41) is 11.2. The van der Waals surface area contributed by atoms with E-state index in [-0.39, 0.29) is 10.2 Å². The second kappa shape index (κ2) is 5.80. The molecular weight excluding hydrogens is 298 g/mol. The highest BCUT2D eigenvalue weighted by molar-refractivity contribution is 8.26. The molecule has 1 atom stereocenters. The zero-order chi connectivity index (χ0) is 14.9. The van der Waals surface area contributed by atoms with Gasteiger partial charge in [0, 0.05) is 6.08 Å². The molecule has 5 nitrogen and oxygen atoms in total. The van der Waals surface area contributed by atoms with E-state index in [1.165, 1.54) is 6.26 Å². The highest BCUT2D eigenvalue weighted by atomic mass is 32.2. The molecule has 20 heavy (non-hydrogen) atoms. The van der Waals surface area contributed by atoms with E-state index in [0.717, 1.165) is 16.7 Å². The normalized spacial score (nSPS) is 19.1. The Morgan fingerprint density at radius 1 is 1.55 bits per heavy atom. The van der Waals surface area contributed by atoms with Crippen LogP contribution in [0.1, 0.15) is 19.6 Å². The van der Waals surface area contributed by atoms with Crippen molar-refractivity contribution in [2.75, 3.05) is 0 Å². The quantitative estimate of drug-likeness (QED) is 0.615. The van der Waals surface area contributed by atoms with E-state index in [9.17, 15) is 14.7 Å². The molecule has 0 aromatic carbocycles. The summed E-state index contributed by atoms with van der Waals surface area (Å²) >= 11 is 6.17. The number of carbonyl (C=O) groups is 2. The van der Waals surface area contributed by atoms with Crippen molar-refractivity contribution < 1.29 is 19.1 Å². The van der Waals surface area contributed by atoms with Crippen molar-refractivity contribution in [2.45, 2.75) is 19.9 Å². The Kier molecular flexibility index (Phi) is 4.29. The van der Waals surface area contributed by atoms with E-state index in [0.29, 0.717) is 10.7 Å². The predicted octanol–water partition coefficient (Wildman–Crippen LogP) is 1.26. The minimum absolute atomic E-state index is 0.218. The number of thiocarbonyl (C=S) groups is 1. The fraction of sp³-hybridized carbons (Fsp3) is 0.308. The average molecular weight is 310 g/mol. The van der Waals surface area contributed by atoms with Gasteiger partial charge in [0.15, 0.2) is 0 Å². The lowest BCUT2D eigenvalue weighted by Crippen LogP contribution is -2.52. The van der Waals surface area contributed by atoms with Crippen LogP contribution in [0.4, 0.5) is 0 Å². The monoisotopic (exact) mass is 310 g/mol. The van der Waals surface area contributed by atoms with Crippen LogP contribution in [0.25, 0.3) is 6.08 Å². The van der Waals surface area contributed by atoms with Crippen LogP contribution in [0.15, 0.2) is 27.7 Å². The molecule has 1 fully saturated rings. The molecule has 1 aromatic heterocycles. The molecule has 0 radical (unpaired) electrons. The van der Waals surface area contributed by atoms with Gasteiger partial charge in [0.1, 0.15) is 10.1 Å². The molecule has 1 saturated heterocycles. The fourth-order valence-corrected chi connectivity index (χ4v) is 3.21. The summed E-state index contributed by atoms with van der Waals surface area (Å²) in [6.45, 7) is 3.41. The lowest BCUT2D eigenvalue weighted by Gasteiger charge is -2.30. The zero-order valence-electron chi connectivity index (χ0n) is 10.9. The number of aliphatic carboxylic acids is 1. The zero-order valence-corrected chi connectivity index (χ0v) is 12.5. The summed E-state index contributed by atoms with van der Waals surface area (Å²) < 4.78 is 5.36. The number of rotatable bonds is 4. The first-order chi connectivity index (χ1) is 9.41. The third-order valence-electron chi connectivity index (χ3n) is 2.79. The molecule has 0 aliphatic carbocycles. The largest absolute Gasteiger partial charge is 0.548 e. The van der Waals surface area contributed by atoms with Crippen LogP contribution in [-0.4, -0.2) is 27.1 Å². The molecule has 0 saturated carbocycles. The summed E-state index contributed by atoms with van der Waals surface area (Å²) in [6, 6.07) is 2.33. The molecule has 0 spiro atoms. The van der Waals surface area contributed by atoms with Crippen LogP contribution in [-0.2, 0) is 9.59 Å². The van der Waals surface area contributed by atoms with Crippen molar-refractivity contribution >= 4 is 46.3 Å². The third-order valence-corrected chi connectivity index (χ3v) is 4.12. The van der Waals surface area contributed by atoms with Gasteiger partial charge in [-0.1, -0.05) is 37.8 Å². The summed E-state index contributed by atoms with van der Waals surface area (Å²) in [6.07, 6.45) is 3.04.